The SMILES string of the molecule is CCC(C)C(NC(=O)C(C)C)C(=O)Nc1ccc2c(c1)CCC2. The maximum atomic E-state index is 12.6. The molecule has 1 aliphatic carbocycles. The summed E-state index contributed by atoms with van der Waals surface area (Å²) in [5, 5.41) is 5.87. The summed E-state index contributed by atoms with van der Waals surface area (Å²) in [6, 6.07) is 5.63. The van der Waals surface area contributed by atoms with Gasteiger partial charge in [-0.1, -0.05) is 40.2 Å². The summed E-state index contributed by atoms with van der Waals surface area (Å²) < 4.78 is 0. The zero-order chi connectivity index (χ0) is 17.0. The number of anilines is 1. The minimum Gasteiger partial charge on any atom is -0.344 e. The first-order chi connectivity index (χ1) is 10.9. The van der Waals surface area contributed by atoms with Crippen LogP contribution in [0.2, 0.25) is 0 Å². The molecule has 2 unspecified atom stereocenters. The maximum Gasteiger partial charge on any atom is 0.247 e. The van der Waals surface area contributed by atoms with E-state index in [2.05, 4.69) is 22.8 Å². The lowest BCUT2D eigenvalue weighted by atomic mass is 9.97. The van der Waals surface area contributed by atoms with E-state index in [0.29, 0.717) is 0 Å². The fraction of sp³-hybridized carbons (Fsp3) is 0.579. The van der Waals surface area contributed by atoms with Gasteiger partial charge in [-0.05, 0) is 48.4 Å². The summed E-state index contributed by atoms with van der Waals surface area (Å²) >= 11 is 0. The molecule has 23 heavy (non-hydrogen) atoms. The highest BCUT2D eigenvalue weighted by Gasteiger charge is 2.27. The van der Waals surface area contributed by atoms with Gasteiger partial charge in [0.15, 0.2) is 0 Å². The minimum absolute atomic E-state index is 0.0839. The number of hydrogen-bond acceptors (Lipinski definition) is 2. The third-order valence-corrected chi connectivity index (χ3v) is 4.68. The van der Waals surface area contributed by atoms with Gasteiger partial charge >= 0.3 is 0 Å². The van der Waals surface area contributed by atoms with E-state index in [9.17, 15) is 9.59 Å². The van der Waals surface area contributed by atoms with Gasteiger partial charge in [-0.25, -0.2) is 0 Å². The predicted molar refractivity (Wildman–Crippen MR) is 93.3 cm³/mol. The number of aryl methyl sites for hydroxylation is 2. The van der Waals surface area contributed by atoms with Gasteiger partial charge in [-0.3, -0.25) is 9.59 Å². The third-order valence-electron chi connectivity index (χ3n) is 4.68. The first-order valence-corrected chi connectivity index (χ1v) is 8.65. The normalized spacial score (nSPS) is 15.9. The number of carbonyl (C=O) groups excluding carboxylic acids is 2. The highest BCUT2D eigenvalue weighted by atomic mass is 16.2. The molecule has 126 valence electrons. The zero-order valence-corrected chi connectivity index (χ0v) is 14.6. The molecule has 0 saturated heterocycles. The molecule has 2 rings (SSSR count). The molecule has 0 saturated carbocycles. The molecule has 0 bridgehead atoms. The van der Waals surface area contributed by atoms with Crippen molar-refractivity contribution in [2.24, 2.45) is 11.8 Å². The Labute approximate surface area is 139 Å². The van der Waals surface area contributed by atoms with Crippen LogP contribution in [0.5, 0.6) is 0 Å². The molecular formula is C19H28N2O2. The predicted octanol–water partition coefficient (Wildman–Crippen LogP) is 3.30. The van der Waals surface area contributed by atoms with E-state index in [4.69, 9.17) is 0 Å². The van der Waals surface area contributed by atoms with Crippen molar-refractivity contribution in [3.8, 4) is 0 Å². The van der Waals surface area contributed by atoms with Crippen LogP contribution in [0.1, 0.15) is 51.7 Å². The van der Waals surface area contributed by atoms with Crippen molar-refractivity contribution in [3.63, 3.8) is 0 Å². The maximum absolute atomic E-state index is 12.6. The van der Waals surface area contributed by atoms with Crippen molar-refractivity contribution < 1.29 is 9.59 Å². The Morgan fingerprint density at radius 2 is 1.78 bits per heavy atom. The Morgan fingerprint density at radius 1 is 1.09 bits per heavy atom. The van der Waals surface area contributed by atoms with E-state index in [1.165, 1.54) is 17.5 Å². The summed E-state index contributed by atoms with van der Waals surface area (Å²) in [5.74, 6) is -0.257. The summed E-state index contributed by atoms with van der Waals surface area (Å²) in [6.45, 7) is 7.69. The molecule has 2 atom stereocenters. The van der Waals surface area contributed by atoms with E-state index in [1.54, 1.807) is 0 Å². The molecule has 0 heterocycles. The second-order valence-electron chi connectivity index (χ2n) is 6.85. The van der Waals surface area contributed by atoms with E-state index in [0.717, 1.165) is 24.9 Å². The van der Waals surface area contributed by atoms with Crippen molar-refractivity contribution >= 4 is 17.5 Å². The molecule has 4 nitrogen and oxygen atoms in total. The monoisotopic (exact) mass is 316 g/mol. The molecule has 2 amide bonds. The molecule has 0 radical (unpaired) electrons. The Hall–Kier alpha value is -1.84. The van der Waals surface area contributed by atoms with Crippen LogP contribution in [0.25, 0.3) is 0 Å². The van der Waals surface area contributed by atoms with E-state index in [-0.39, 0.29) is 23.7 Å². The van der Waals surface area contributed by atoms with E-state index >= 15 is 0 Å². The second-order valence-corrected chi connectivity index (χ2v) is 6.85. The number of hydrogen-bond donors (Lipinski definition) is 2. The Morgan fingerprint density at radius 3 is 2.43 bits per heavy atom. The number of carbonyl (C=O) groups is 2. The Kier molecular flexibility index (Phi) is 5.80. The van der Waals surface area contributed by atoms with Crippen molar-refractivity contribution in [2.75, 3.05) is 5.32 Å². The number of rotatable bonds is 6. The second kappa shape index (κ2) is 7.62. The summed E-state index contributed by atoms with van der Waals surface area (Å²) in [4.78, 5) is 24.6. The number of benzene rings is 1. The number of nitrogens with one attached hydrogen (secondary N) is 2. The van der Waals surface area contributed by atoms with Crippen LogP contribution >= 0.6 is 0 Å². The lowest BCUT2D eigenvalue weighted by Crippen LogP contribution is -2.48. The van der Waals surface area contributed by atoms with E-state index < -0.39 is 6.04 Å². The van der Waals surface area contributed by atoms with Crippen LogP contribution in [0.4, 0.5) is 5.69 Å². The fourth-order valence-electron chi connectivity index (χ4n) is 2.89. The van der Waals surface area contributed by atoms with Crippen LogP contribution < -0.4 is 10.6 Å². The highest BCUT2D eigenvalue weighted by Crippen LogP contribution is 2.25. The highest BCUT2D eigenvalue weighted by molar-refractivity contribution is 5.97. The van der Waals surface area contributed by atoms with Crippen LogP contribution in [0, 0.1) is 11.8 Å². The van der Waals surface area contributed by atoms with E-state index in [1.807, 2.05) is 33.8 Å². The zero-order valence-electron chi connectivity index (χ0n) is 14.6. The van der Waals surface area contributed by atoms with Crippen LogP contribution in [0.3, 0.4) is 0 Å². The first kappa shape index (κ1) is 17.5. The molecule has 0 spiro atoms. The molecule has 1 aromatic carbocycles. The average Bonchev–Trinajstić information content (AvgIpc) is 2.98. The molecular weight excluding hydrogens is 288 g/mol. The summed E-state index contributed by atoms with van der Waals surface area (Å²) in [7, 11) is 0. The smallest absolute Gasteiger partial charge is 0.247 e. The molecule has 2 N–H and O–H groups in total. The van der Waals surface area contributed by atoms with Crippen LogP contribution in [0.15, 0.2) is 18.2 Å². The van der Waals surface area contributed by atoms with Crippen LogP contribution in [-0.4, -0.2) is 17.9 Å². The lowest BCUT2D eigenvalue weighted by molar-refractivity contribution is -0.129. The van der Waals surface area contributed by atoms with Crippen molar-refractivity contribution in [1.29, 1.82) is 0 Å². The molecule has 0 aliphatic heterocycles. The quantitative estimate of drug-likeness (QED) is 0.846. The Balaban J connectivity index is 2.09. The van der Waals surface area contributed by atoms with Crippen molar-refractivity contribution in [3.05, 3.63) is 29.3 Å². The molecule has 1 aliphatic rings. The van der Waals surface area contributed by atoms with Gasteiger partial charge in [-0.15, -0.1) is 0 Å². The summed E-state index contributed by atoms with van der Waals surface area (Å²) in [5.41, 5.74) is 3.53. The molecule has 1 aromatic rings. The van der Waals surface area contributed by atoms with Gasteiger partial charge in [0.1, 0.15) is 6.04 Å². The molecule has 4 heteroatoms. The summed E-state index contributed by atoms with van der Waals surface area (Å²) in [6.07, 6.45) is 4.23. The topological polar surface area (TPSA) is 58.2 Å². The minimum atomic E-state index is -0.497. The van der Waals surface area contributed by atoms with Crippen LogP contribution in [-0.2, 0) is 22.4 Å². The van der Waals surface area contributed by atoms with Gasteiger partial charge in [-0.2, -0.15) is 0 Å². The van der Waals surface area contributed by atoms with Crippen molar-refractivity contribution in [2.45, 2.75) is 59.4 Å². The van der Waals surface area contributed by atoms with Gasteiger partial charge < -0.3 is 10.6 Å². The van der Waals surface area contributed by atoms with Gasteiger partial charge in [0.25, 0.3) is 0 Å². The fourth-order valence-corrected chi connectivity index (χ4v) is 2.89. The number of fused-ring (bicyclic) bond motifs is 1. The Bertz CT molecular complexity index is 581. The van der Waals surface area contributed by atoms with Gasteiger partial charge in [0.2, 0.25) is 11.8 Å². The largest absolute Gasteiger partial charge is 0.344 e. The lowest BCUT2D eigenvalue weighted by Gasteiger charge is -2.24. The molecule has 0 aromatic heterocycles. The first-order valence-electron chi connectivity index (χ1n) is 8.65. The van der Waals surface area contributed by atoms with Crippen molar-refractivity contribution in [1.82, 2.24) is 5.32 Å². The third kappa shape index (κ3) is 4.34. The molecule has 0 fully saturated rings. The van der Waals surface area contributed by atoms with Gasteiger partial charge in [0.05, 0.1) is 0 Å². The number of amides is 2. The average molecular weight is 316 g/mol. The standard InChI is InChI=1S/C19H28N2O2/c1-5-13(4)17(21-18(22)12(2)3)19(23)20-16-10-9-14-7-6-8-15(14)11-16/h9-13,17H,5-8H2,1-4H3,(H,20,23)(H,21,22). The van der Waals surface area contributed by atoms with Gasteiger partial charge in [0, 0.05) is 11.6 Å².